The third-order valence-electron chi connectivity index (χ3n) is 9.85. The molecule has 0 aromatic carbocycles. The molecule has 1 unspecified atom stereocenters. The fourth-order valence-electron chi connectivity index (χ4n) is 6.19. The van der Waals surface area contributed by atoms with E-state index in [0.717, 1.165) is 154 Å². The van der Waals surface area contributed by atoms with Gasteiger partial charge in [-0.25, -0.2) is 0 Å². The Hall–Kier alpha value is -4.22. The lowest BCUT2D eigenvalue weighted by Gasteiger charge is -2.18. The number of rotatable bonds is 44. The van der Waals surface area contributed by atoms with Crippen LogP contribution in [-0.4, -0.2) is 37.9 Å². The van der Waals surface area contributed by atoms with Crippen LogP contribution >= 0.6 is 0 Å². The zero-order valence-corrected chi connectivity index (χ0v) is 41.0. The second kappa shape index (κ2) is 53.1. The van der Waals surface area contributed by atoms with E-state index in [1.807, 2.05) is 0 Å². The Kier molecular flexibility index (Phi) is 49.6. The minimum Gasteiger partial charge on any atom is -0.462 e. The molecule has 0 spiro atoms. The van der Waals surface area contributed by atoms with Gasteiger partial charge in [-0.2, -0.15) is 0 Å². The second-order valence-electron chi connectivity index (χ2n) is 15.9. The van der Waals surface area contributed by atoms with Crippen LogP contribution < -0.4 is 0 Å². The zero-order chi connectivity index (χ0) is 46.3. The van der Waals surface area contributed by atoms with Gasteiger partial charge in [0.05, 0.1) is 6.61 Å². The van der Waals surface area contributed by atoms with E-state index in [-0.39, 0.29) is 25.2 Å². The first kappa shape index (κ1) is 59.8. The van der Waals surface area contributed by atoms with Crippen LogP contribution in [0.25, 0.3) is 0 Å². The lowest BCUT2D eigenvalue weighted by molar-refractivity contribution is -0.163. The SMILES string of the molecule is CC/C=C\C/C=C\C/C=C\C/C=C\C/C=C\CCCCOCC(COC(=O)CCCCCC/C=C\C/C=C\C/C=C\C/C=C\CC)OC(=O)CCCCC/C=C\C/C=C\C/C=C\CC. The molecule has 0 radical (unpaired) electrons. The summed E-state index contributed by atoms with van der Waals surface area (Å²) < 4.78 is 17.3. The third kappa shape index (κ3) is 50.4. The molecular weight excluding hydrogens is 789 g/mol. The summed E-state index contributed by atoms with van der Waals surface area (Å²) in [4.78, 5) is 25.4. The highest BCUT2D eigenvalue weighted by Crippen LogP contribution is 2.11. The number of esters is 2. The topological polar surface area (TPSA) is 61.8 Å². The molecule has 0 rings (SSSR count). The van der Waals surface area contributed by atoms with Crippen molar-refractivity contribution in [2.45, 2.75) is 194 Å². The Morgan fingerprint density at radius 3 is 1.05 bits per heavy atom. The molecule has 0 heterocycles. The summed E-state index contributed by atoms with van der Waals surface area (Å²) in [6.07, 6.45) is 77.2. The first-order valence-corrected chi connectivity index (χ1v) is 25.4. The smallest absolute Gasteiger partial charge is 0.306 e. The molecule has 64 heavy (non-hydrogen) atoms. The average Bonchev–Trinajstić information content (AvgIpc) is 3.30. The highest BCUT2D eigenvalue weighted by atomic mass is 16.6. The predicted molar refractivity (Wildman–Crippen MR) is 278 cm³/mol. The molecule has 0 bridgehead atoms. The molecule has 5 nitrogen and oxygen atoms in total. The predicted octanol–water partition coefficient (Wildman–Crippen LogP) is 17.3. The number of hydrogen-bond donors (Lipinski definition) is 0. The van der Waals surface area contributed by atoms with Crippen molar-refractivity contribution in [2.24, 2.45) is 0 Å². The quantitative estimate of drug-likeness (QED) is 0.0347. The average molecular weight is 881 g/mol. The largest absolute Gasteiger partial charge is 0.462 e. The molecule has 0 saturated carbocycles. The number of carbonyl (C=O) groups excluding carboxylic acids is 2. The van der Waals surface area contributed by atoms with Crippen molar-refractivity contribution >= 4 is 11.9 Å². The fourth-order valence-corrected chi connectivity index (χ4v) is 6.19. The Balaban J connectivity index is 4.47. The minimum atomic E-state index is -0.595. The molecule has 0 saturated heterocycles. The van der Waals surface area contributed by atoms with Crippen LogP contribution in [0.1, 0.15) is 188 Å². The van der Waals surface area contributed by atoms with Gasteiger partial charge in [-0.1, -0.05) is 186 Å². The Labute approximate surface area is 393 Å². The maximum Gasteiger partial charge on any atom is 0.306 e. The van der Waals surface area contributed by atoms with E-state index in [4.69, 9.17) is 14.2 Å². The first-order chi connectivity index (χ1) is 31.6. The van der Waals surface area contributed by atoms with Crippen LogP contribution in [0.15, 0.2) is 146 Å². The normalized spacial score (nSPS) is 13.5. The highest BCUT2D eigenvalue weighted by Gasteiger charge is 2.17. The maximum atomic E-state index is 12.8. The van der Waals surface area contributed by atoms with Crippen LogP contribution in [0.3, 0.4) is 0 Å². The number of ether oxygens (including phenoxy) is 3. The standard InChI is InChI=1S/C59H92O5/c1-4-7-10-13-16-19-22-25-27-29-31-33-36-39-42-45-48-51-54-62-55-57(64-59(61)53-50-47-44-41-38-34-24-21-18-15-12-9-6-3)56-63-58(60)52-49-46-43-40-37-35-32-30-28-26-23-20-17-14-11-8-5-2/h7-12,16-21,25-28,31-35,38-39,42,57H,4-6,13-15,22-24,29-30,36-37,40-41,43-56H2,1-3H3/b10-7-,11-8-,12-9-,19-16-,20-17-,21-18-,27-25-,28-26-,33-31-,35-32-,38-34-,42-39-. The molecule has 0 aromatic heterocycles. The summed E-state index contributed by atoms with van der Waals surface area (Å²) in [5, 5.41) is 0. The molecule has 0 fully saturated rings. The lowest BCUT2D eigenvalue weighted by atomic mass is 10.1. The summed E-state index contributed by atoms with van der Waals surface area (Å²) in [6, 6.07) is 0. The monoisotopic (exact) mass is 881 g/mol. The van der Waals surface area contributed by atoms with Crippen LogP contribution in [0.4, 0.5) is 0 Å². The van der Waals surface area contributed by atoms with E-state index in [9.17, 15) is 9.59 Å². The van der Waals surface area contributed by atoms with Gasteiger partial charge >= 0.3 is 11.9 Å². The molecular formula is C59H92O5. The van der Waals surface area contributed by atoms with Gasteiger partial charge in [0.25, 0.3) is 0 Å². The molecule has 0 aliphatic heterocycles. The molecule has 0 aromatic rings. The maximum absolute atomic E-state index is 12.8. The van der Waals surface area contributed by atoms with Crippen molar-refractivity contribution in [2.75, 3.05) is 19.8 Å². The van der Waals surface area contributed by atoms with Crippen LogP contribution in [-0.2, 0) is 23.8 Å². The number of unbranched alkanes of at least 4 members (excludes halogenated alkanes) is 9. The van der Waals surface area contributed by atoms with Gasteiger partial charge in [-0.15, -0.1) is 0 Å². The summed E-state index contributed by atoms with van der Waals surface area (Å²) >= 11 is 0. The summed E-state index contributed by atoms with van der Waals surface area (Å²) in [6.45, 7) is 7.30. The Bertz CT molecular complexity index is 1410. The second-order valence-corrected chi connectivity index (χ2v) is 15.9. The van der Waals surface area contributed by atoms with Crippen molar-refractivity contribution in [1.82, 2.24) is 0 Å². The summed E-state index contributed by atoms with van der Waals surface area (Å²) in [7, 11) is 0. The first-order valence-electron chi connectivity index (χ1n) is 25.4. The molecule has 1 atom stereocenters. The van der Waals surface area contributed by atoms with Crippen molar-refractivity contribution in [3.63, 3.8) is 0 Å². The number of allylic oxidation sites excluding steroid dienone is 24. The van der Waals surface area contributed by atoms with Crippen molar-refractivity contribution in [3.05, 3.63) is 146 Å². The molecule has 0 aliphatic rings. The molecule has 0 aliphatic carbocycles. The lowest BCUT2D eigenvalue weighted by Crippen LogP contribution is -2.30. The molecule has 5 heteroatoms. The van der Waals surface area contributed by atoms with Crippen molar-refractivity contribution in [3.8, 4) is 0 Å². The molecule has 358 valence electrons. The van der Waals surface area contributed by atoms with Gasteiger partial charge in [-0.05, 0) is 135 Å². The Morgan fingerprint density at radius 2 is 0.656 bits per heavy atom. The van der Waals surface area contributed by atoms with E-state index >= 15 is 0 Å². The van der Waals surface area contributed by atoms with Gasteiger partial charge in [-0.3, -0.25) is 9.59 Å². The number of hydrogen-bond acceptors (Lipinski definition) is 5. The van der Waals surface area contributed by atoms with Crippen molar-refractivity contribution < 1.29 is 23.8 Å². The summed E-state index contributed by atoms with van der Waals surface area (Å²) in [5.41, 5.74) is 0. The van der Waals surface area contributed by atoms with Gasteiger partial charge in [0.2, 0.25) is 0 Å². The van der Waals surface area contributed by atoms with Gasteiger partial charge < -0.3 is 14.2 Å². The van der Waals surface area contributed by atoms with Gasteiger partial charge in [0, 0.05) is 19.4 Å². The van der Waals surface area contributed by atoms with E-state index in [1.54, 1.807) is 0 Å². The molecule has 0 N–H and O–H groups in total. The third-order valence-corrected chi connectivity index (χ3v) is 9.85. The minimum absolute atomic E-state index is 0.0323. The van der Waals surface area contributed by atoms with Crippen molar-refractivity contribution in [1.29, 1.82) is 0 Å². The fraction of sp³-hybridized carbons (Fsp3) is 0.559. The van der Waals surface area contributed by atoms with E-state index in [2.05, 4.69) is 167 Å². The van der Waals surface area contributed by atoms with Crippen LogP contribution in [0, 0.1) is 0 Å². The Morgan fingerprint density at radius 1 is 0.344 bits per heavy atom. The highest BCUT2D eigenvalue weighted by molar-refractivity contribution is 5.70. The van der Waals surface area contributed by atoms with Crippen LogP contribution in [0.2, 0.25) is 0 Å². The van der Waals surface area contributed by atoms with E-state index in [0.29, 0.717) is 19.4 Å². The summed E-state index contributed by atoms with van der Waals surface area (Å²) in [5.74, 6) is -0.497. The van der Waals surface area contributed by atoms with Gasteiger partial charge in [0.1, 0.15) is 6.61 Å². The number of carbonyl (C=O) groups is 2. The van der Waals surface area contributed by atoms with Gasteiger partial charge in [0.15, 0.2) is 6.10 Å². The zero-order valence-electron chi connectivity index (χ0n) is 41.0. The van der Waals surface area contributed by atoms with Crippen LogP contribution in [0.5, 0.6) is 0 Å². The van der Waals surface area contributed by atoms with E-state index in [1.165, 1.54) is 0 Å². The van der Waals surface area contributed by atoms with E-state index < -0.39 is 6.10 Å². The molecule has 0 amide bonds.